The Balaban J connectivity index is 1.54. The third-order valence-electron chi connectivity index (χ3n) is 5.35. The first kappa shape index (κ1) is 16.7. The summed E-state index contributed by atoms with van der Waals surface area (Å²) in [6.45, 7) is 7.63. The average molecular weight is 356 g/mol. The van der Waals surface area contributed by atoms with Gasteiger partial charge in [-0.05, 0) is 37.6 Å². The minimum atomic E-state index is 0.217. The van der Waals surface area contributed by atoms with Gasteiger partial charge in [-0.1, -0.05) is 19.1 Å². The van der Waals surface area contributed by atoms with Crippen molar-refractivity contribution in [3.8, 4) is 0 Å². The van der Waals surface area contributed by atoms with Gasteiger partial charge in [-0.2, -0.15) is 0 Å². The Labute approximate surface area is 153 Å². The summed E-state index contributed by atoms with van der Waals surface area (Å²) in [5.41, 5.74) is 2.38. The van der Waals surface area contributed by atoms with E-state index in [4.69, 9.17) is 0 Å². The number of fused-ring (bicyclic) bond motifs is 2. The maximum Gasteiger partial charge on any atom is 0.241 e. The van der Waals surface area contributed by atoms with Gasteiger partial charge in [-0.3, -0.25) is 9.69 Å². The molecule has 25 heavy (non-hydrogen) atoms. The molecule has 0 bridgehead atoms. The van der Waals surface area contributed by atoms with Crippen LogP contribution >= 0.6 is 11.8 Å². The van der Waals surface area contributed by atoms with Crippen LogP contribution in [0.15, 0.2) is 47.5 Å². The molecule has 2 aromatic rings. The fourth-order valence-corrected chi connectivity index (χ4v) is 4.96. The summed E-state index contributed by atoms with van der Waals surface area (Å²) in [5.74, 6) is 0.217. The van der Waals surface area contributed by atoms with Crippen LogP contribution in [0.3, 0.4) is 0 Å². The van der Waals surface area contributed by atoms with Crippen molar-refractivity contribution >= 4 is 23.4 Å². The third kappa shape index (κ3) is 3.23. The van der Waals surface area contributed by atoms with Gasteiger partial charge in [-0.15, -0.1) is 11.8 Å². The van der Waals surface area contributed by atoms with E-state index in [1.54, 1.807) is 0 Å². The van der Waals surface area contributed by atoms with E-state index in [1.165, 1.54) is 10.6 Å². The highest BCUT2D eigenvalue weighted by atomic mass is 32.2. The van der Waals surface area contributed by atoms with Gasteiger partial charge >= 0.3 is 0 Å². The van der Waals surface area contributed by atoms with Crippen LogP contribution in [0.1, 0.15) is 32.0 Å². The van der Waals surface area contributed by atoms with Crippen LogP contribution in [0, 0.1) is 0 Å². The molecule has 4 rings (SSSR count). The first-order chi connectivity index (χ1) is 12.1. The predicted octanol–water partition coefficient (Wildman–Crippen LogP) is 3.78. The Hall–Kier alpha value is -1.72. The smallest absolute Gasteiger partial charge is 0.241 e. The van der Waals surface area contributed by atoms with Gasteiger partial charge in [0, 0.05) is 47.7 Å². The van der Waals surface area contributed by atoms with E-state index in [1.807, 2.05) is 22.7 Å². The summed E-state index contributed by atoms with van der Waals surface area (Å²) < 4.78 is 2.30. The molecule has 0 spiro atoms. The van der Waals surface area contributed by atoms with Gasteiger partial charge in [-0.25, -0.2) is 0 Å². The minimum absolute atomic E-state index is 0.217. The molecule has 2 aliphatic rings. The van der Waals surface area contributed by atoms with Crippen molar-refractivity contribution in [1.82, 2.24) is 9.47 Å². The molecule has 132 valence electrons. The fourth-order valence-electron chi connectivity index (χ4n) is 3.85. The van der Waals surface area contributed by atoms with Crippen LogP contribution in [0.2, 0.25) is 0 Å². The number of hydrogen-bond donors (Lipinski definition) is 0. The average Bonchev–Trinajstić information content (AvgIpc) is 3.01. The van der Waals surface area contributed by atoms with Gasteiger partial charge in [0.15, 0.2) is 0 Å². The van der Waals surface area contributed by atoms with E-state index in [2.05, 4.69) is 59.8 Å². The number of amides is 1. The van der Waals surface area contributed by atoms with Crippen LogP contribution in [0.25, 0.3) is 0 Å². The summed E-state index contributed by atoms with van der Waals surface area (Å²) in [4.78, 5) is 18.7. The lowest BCUT2D eigenvalue weighted by Crippen LogP contribution is -2.45. The molecule has 0 aliphatic carbocycles. The zero-order valence-corrected chi connectivity index (χ0v) is 15.7. The number of carbonyl (C=O) groups excluding carboxylic acids is 1. The molecule has 0 N–H and O–H groups in total. The number of hydrogen-bond acceptors (Lipinski definition) is 3. The minimum Gasteiger partial charge on any atom is -0.349 e. The highest BCUT2D eigenvalue weighted by Crippen LogP contribution is 2.37. The third-order valence-corrected chi connectivity index (χ3v) is 6.59. The maximum absolute atomic E-state index is 13.2. The Morgan fingerprint density at radius 1 is 1.12 bits per heavy atom. The Morgan fingerprint density at radius 2 is 1.96 bits per heavy atom. The van der Waals surface area contributed by atoms with E-state index >= 15 is 0 Å². The lowest BCUT2D eigenvalue weighted by atomic mass is 10.1. The number of thioether (sulfide) groups is 1. The van der Waals surface area contributed by atoms with Crippen molar-refractivity contribution in [1.29, 1.82) is 0 Å². The molecule has 0 saturated carbocycles. The molecule has 0 radical (unpaired) electrons. The number of benzene rings is 1. The Bertz CT molecular complexity index is 772. The summed E-state index contributed by atoms with van der Waals surface area (Å²) in [6, 6.07) is 12.9. The zero-order chi connectivity index (χ0) is 17.4. The van der Waals surface area contributed by atoms with Gasteiger partial charge < -0.3 is 9.47 Å². The SMILES string of the molecule is CC1CCN(C(=O)CN2CCn3cccc3C2C)c2ccccc2S1. The van der Waals surface area contributed by atoms with E-state index in [9.17, 15) is 4.79 Å². The van der Waals surface area contributed by atoms with Crippen molar-refractivity contribution in [3.05, 3.63) is 48.3 Å². The molecular formula is C20H25N3OS. The molecule has 2 aliphatic heterocycles. The highest BCUT2D eigenvalue weighted by Gasteiger charge is 2.29. The molecule has 0 fully saturated rings. The van der Waals surface area contributed by atoms with Crippen molar-refractivity contribution < 1.29 is 4.79 Å². The predicted molar refractivity (Wildman–Crippen MR) is 103 cm³/mol. The number of nitrogens with zero attached hydrogens (tertiary/aromatic N) is 3. The Morgan fingerprint density at radius 3 is 2.84 bits per heavy atom. The number of para-hydroxylation sites is 1. The van der Waals surface area contributed by atoms with Crippen molar-refractivity contribution in [2.24, 2.45) is 0 Å². The summed E-state index contributed by atoms with van der Waals surface area (Å²) in [7, 11) is 0. The lowest BCUT2D eigenvalue weighted by molar-refractivity contribution is -0.120. The molecule has 1 aromatic heterocycles. The summed E-state index contributed by atoms with van der Waals surface area (Å²) in [5, 5.41) is 0.538. The normalized spacial score (nSPS) is 23.7. The van der Waals surface area contributed by atoms with Crippen molar-refractivity contribution in [3.63, 3.8) is 0 Å². The molecular weight excluding hydrogens is 330 g/mol. The summed E-state index contributed by atoms with van der Waals surface area (Å²) >= 11 is 1.88. The van der Waals surface area contributed by atoms with E-state index in [0.29, 0.717) is 11.8 Å². The topological polar surface area (TPSA) is 28.5 Å². The molecule has 1 aromatic carbocycles. The first-order valence-corrected chi connectivity index (χ1v) is 9.96. The van der Waals surface area contributed by atoms with Crippen LogP contribution in [-0.4, -0.2) is 40.3 Å². The van der Waals surface area contributed by atoms with Crippen LogP contribution in [-0.2, 0) is 11.3 Å². The molecule has 1 amide bonds. The lowest BCUT2D eigenvalue weighted by Gasteiger charge is -2.35. The number of carbonyl (C=O) groups is 1. The van der Waals surface area contributed by atoms with E-state index in [0.717, 1.165) is 31.7 Å². The van der Waals surface area contributed by atoms with Gasteiger partial charge in [0.1, 0.15) is 0 Å². The van der Waals surface area contributed by atoms with E-state index < -0.39 is 0 Å². The van der Waals surface area contributed by atoms with E-state index in [-0.39, 0.29) is 11.9 Å². The number of rotatable bonds is 2. The second-order valence-corrected chi connectivity index (χ2v) is 8.48. The standard InChI is InChI=1S/C20H25N3OS/c1-15-9-11-23(18-6-3-4-8-19(18)25-15)20(24)14-22-13-12-21-10-5-7-17(21)16(22)2/h3-8,10,15-16H,9,11-14H2,1-2H3. The monoisotopic (exact) mass is 355 g/mol. The summed E-state index contributed by atoms with van der Waals surface area (Å²) in [6.07, 6.45) is 3.16. The maximum atomic E-state index is 13.2. The van der Waals surface area contributed by atoms with Crippen molar-refractivity contribution in [2.45, 2.75) is 43.0 Å². The molecule has 3 heterocycles. The number of aromatic nitrogens is 1. The fraction of sp³-hybridized carbons (Fsp3) is 0.450. The molecule has 0 saturated heterocycles. The van der Waals surface area contributed by atoms with Crippen LogP contribution < -0.4 is 4.90 Å². The second kappa shape index (κ2) is 6.89. The molecule has 2 atom stereocenters. The van der Waals surface area contributed by atoms with Gasteiger partial charge in [0.25, 0.3) is 0 Å². The Kier molecular flexibility index (Phi) is 4.61. The van der Waals surface area contributed by atoms with Gasteiger partial charge in [0.2, 0.25) is 5.91 Å². The van der Waals surface area contributed by atoms with Gasteiger partial charge in [0.05, 0.1) is 12.2 Å². The first-order valence-electron chi connectivity index (χ1n) is 9.08. The van der Waals surface area contributed by atoms with Crippen molar-refractivity contribution in [2.75, 3.05) is 24.5 Å². The highest BCUT2D eigenvalue weighted by molar-refractivity contribution is 8.00. The second-order valence-electron chi connectivity index (χ2n) is 7.00. The molecule has 2 unspecified atom stereocenters. The quantitative estimate of drug-likeness (QED) is 0.821. The zero-order valence-electron chi connectivity index (χ0n) is 14.9. The molecule has 4 nitrogen and oxygen atoms in total. The largest absolute Gasteiger partial charge is 0.349 e. The van der Waals surface area contributed by atoms with Crippen LogP contribution in [0.4, 0.5) is 5.69 Å². The molecule has 5 heteroatoms. The number of anilines is 1. The van der Waals surface area contributed by atoms with Crippen LogP contribution in [0.5, 0.6) is 0 Å².